The normalized spacial score (nSPS) is 15.5. The van der Waals surface area contributed by atoms with E-state index < -0.39 is 12.1 Å². The second-order valence-corrected chi connectivity index (χ2v) is 6.59. The Bertz CT molecular complexity index is 503. The summed E-state index contributed by atoms with van der Waals surface area (Å²) in [6, 6.07) is 1.93. The van der Waals surface area contributed by atoms with Crippen LogP contribution in [0.5, 0.6) is 0 Å². The first-order valence-corrected chi connectivity index (χ1v) is 8.52. The monoisotopic (exact) mass is 325 g/mol. The van der Waals surface area contributed by atoms with Crippen LogP contribution in [0.2, 0.25) is 0 Å². The quantitative estimate of drug-likeness (QED) is 0.495. The Labute approximate surface area is 135 Å². The predicted molar refractivity (Wildman–Crippen MR) is 85.3 cm³/mol. The lowest BCUT2D eigenvalue weighted by molar-refractivity contribution is -0.129. The summed E-state index contributed by atoms with van der Waals surface area (Å²) >= 11 is 1.51. The van der Waals surface area contributed by atoms with Gasteiger partial charge in [0, 0.05) is 18.5 Å². The minimum Gasteiger partial charge on any atom is -0.448 e. The van der Waals surface area contributed by atoms with E-state index in [1.165, 1.54) is 41.0 Å². The molecule has 6 heteroatoms. The molecule has 0 saturated carbocycles. The van der Waals surface area contributed by atoms with Crippen LogP contribution in [0.15, 0.2) is 6.07 Å². The first-order chi connectivity index (χ1) is 10.6. The van der Waals surface area contributed by atoms with Crippen LogP contribution < -0.4 is 5.32 Å². The average molecular weight is 325 g/mol. The molecule has 0 radical (unpaired) electrons. The Hall–Kier alpha value is -1.40. The molecule has 0 aromatic carbocycles. The Kier molecular flexibility index (Phi) is 6.39. The fourth-order valence-electron chi connectivity index (χ4n) is 2.46. The van der Waals surface area contributed by atoms with Crippen LogP contribution >= 0.6 is 11.3 Å². The van der Waals surface area contributed by atoms with E-state index in [0.29, 0.717) is 18.0 Å². The zero-order chi connectivity index (χ0) is 15.9. The number of hydrogen-bond donors (Lipinski definition) is 1. The highest BCUT2D eigenvalue weighted by atomic mass is 32.1. The molecule has 5 nitrogen and oxygen atoms in total. The van der Waals surface area contributed by atoms with Crippen molar-refractivity contribution >= 4 is 23.2 Å². The maximum absolute atomic E-state index is 12.2. The van der Waals surface area contributed by atoms with Gasteiger partial charge >= 0.3 is 5.97 Å². The van der Waals surface area contributed by atoms with Crippen molar-refractivity contribution < 1.29 is 19.1 Å². The summed E-state index contributed by atoms with van der Waals surface area (Å²) in [5.74, 6) is -0.712. The van der Waals surface area contributed by atoms with E-state index in [1.54, 1.807) is 14.0 Å². The van der Waals surface area contributed by atoms with Crippen LogP contribution in [0.3, 0.4) is 0 Å². The Morgan fingerprint density at radius 1 is 1.32 bits per heavy atom. The maximum Gasteiger partial charge on any atom is 0.349 e. The summed E-state index contributed by atoms with van der Waals surface area (Å²) in [6.45, 7) is 2.42. The summed E-state index contributed by atoms with van der Waals surface area (Å²) in [6.07, 6.45) is 4.88. The van der Waals surface area contributed by atoms with Crippen LogP contribution in [0.4, 0.5) is 0 Å². The van der Waals surface area contributed by atoms with Gasteiger partial charge in [-0.2, -0.15) is 0 Å². The summed E-state index contributed by atoms with van der Waals surface area (Å²) in [7, 11) is 1.57. The lowest BCUT2D eigenvalue weighted by Crippen LogP contribution is -2.37. The molecule has 1 aliphatic carbocycles. The molecule has 0 unspecified atom stereocenters. The largest absolute Gasteiger partial charge is 0.448 e. The molecule has 2 rings (SSSR count). The number of carbonyl (C=O) groups excluding carboxylic acids is 2. The summed E-state index contributed by atoms with van der Waals surface area (Å²) in [5, 5.41) is 2.66. The topological polar surface area (TPSA) is 64.6 Å². The Morgan fingerprint density at radius 2 is 2.09 bits per heavy atom. The zero-order valence-corrected chi connectivity index (χ0v) is 14.0. The number of nitrogens with one attached hydrogen (secondary N) is 1. The number of ether oxygens (including phenoxy) is 2. The van der Waals surface area contributed by atoms with Crippen LogP contribution in [0.1, 0.15) is 46.3 Å². The van der Waals surface area contributed by atoms with Crippen LogP contribution in [0, 0.1) is 0 Å². The van der Waals surface area contributed by atoms with Gasteiger partial charge in [-0.1, -0.05) is 6.42 Å². The molecule has 0 aliphatic heterocycles. The molecule has 1 heterocycles. The van der Waals surface area contributed by atoms with Gasteiger partial charge in [0.1, 0.15) is 4.88 Å². The van der Waals surface area contributed by atoms with Crippen molar-refractivity contribution in [3.63, 3.8) is 0 Å². The molecule has 1 aromatic rings. The SMILES string of the molecule is COCCNC(=O)[C@H](C)OC(=O)c1cc2c(s1)CCCCC2. The van der Waals surface area contributed by atoms with Gasteiger partial charge in [-0.3, -0.25) is 4.79 Å². The van der Waals surface area contributed by atoms with Crippen molar-refractivity contribution in [1.29, 1.82) is 0 Å². The number of fused-ring (bicyclic) bond motifs is 1. The van der Waals surface area contributed by atoms with Gasteiger partial charge in [-0.05, 0) is 44.2 Å². The highest BCUT2D eigenvalue weighted by Gasteiger charge is 2.22. The number of carbonyl (C=O) groups is 2. The summed E-state index contributed by atoms with van der Waals surface area (Å²) in [5.41, 5.74) is 1.27. The molecule has 1 aromatic heterocycles. The first-order valence-electron chi connectivity index (χ1n) is 7.71. The number of esters is 1. The number of methoxy groups -OCH3 is 1. The van der Waals surface area contributed by atoms with Crippen molar-refractivity contribution in [2.75, 3.05) is 20.3 Å². The molecule has 0 fully saturated rings. The van der Waals surface area contributed by atoms with Crippen molar-refractivity contribution in [3.05, 3.63) is 21.4 Å². The fraction of sp³-hybridized carbons (Fsp3) is 0.625. The van der Waals surface area contributed by atoms with Gasteiger partial charge in [-0.15, -0.1) is 11.3 Å². The van der Waals surface area contributed by atoms with E-state index in [4.69, 9.17) is 9.47 Å². The molecule has 1 atom stereocenters. The number of amides is 1. The van der Waals surface area contributed by atoms with Crippen LogP contribution in [0.25, 0.3) is 0 Å². The van der Waals surface area contributed by atoms with Gasteiger partial charge in [0.2, 0.25) is 0 Å². The maximum atomic E-state index is 12.2. The molecule has 1 N–H and O–H groups in total. The molecule has 1 aliphatic rings. The standard InChI is InChI=1S/C16H23NO4S/c1-11(15(18)17-8-9-20-2)21-16(19)14-10-12-6-4-3-5-7-13(12)22-14/h10-11H,3-9H2,1-2H3,(H,17,18)/t11-/m0/s1. The van der Waals surface area contributed by atoms with E-state index in [2.05, 4.69) is 5.32 Å². The highest BCUT2D eigenvalue weighted by Crippen LogP contribution is 2.29. The first kappa shape index (κ1) is 17.0. The fourth-order valence-corrected chi connectivity index (χ4v) is 3.60. The molecule has 0 bridgehead atoms. The minimum atomic E-state index is -0.800. The Balaban J connectivity index is 1.90. The average Bonchev–Trinajstić information content (AvgIpc) is 2.78. The molecule has 0 spiro atoms. The lowest BCUT2D eigenvalue weighted by atomic mass is 10.1. The predicted octanol–water partition coefficient (Wildman–Crippen LogP) is 2.32. The number of rotatable bonds is 6. The Morgan fingerprint density at radius 3 is 2.86 bits per heavy atom. The molecule has 122 valence electrons. The van der Waals surface area contributed by atoms with E-state index >= 15 is 0 Å². The summed E-state index contributed by atoms with van der Waals surface area (Å²) < 4.78 is 10.1. The van der Waals surface area contributed by atoms with Crippen LogP contribution in [-0.4, -0.2) is 38.2 Å². The van der Waals surface area contributed by atoms with Gasteiger partial charge in [-0.25, -0.2) is 4.79 Å². The third-order valence-corrected chi connectivity index (χ3v) is 4.92. The zero-order valence-electron chi connectivity index (χ0n) is 13.1. The number of hydrogen-bond acceptors (Lipinski definition) is 5. The van der Waals surface area contributed by atoms with Gasteiger partial charge in [0.05, 0.1) is 6.61 Å². The molecule has 0 saturated heterocycles. The number of aryl methyl sites for hydroxylation is 2. The van der Waals surface area contributed by atoms with Crippen molar-refractivity contribution in [2.24, 2.45) is 0 Å². The van der Waals surface area contributed by atoms with Crippen molar-refractivity contribution in [1.82, 2.24) is 5.32 Å². The molecular weight excluding hydrogens is 302 g/mol. The van der Waals surface area contributed by atoms with E-state index in [1.807, 2.05) is 6.07 Å². The molecular formula is C16H23NO4S. The van der Waals surface area contributed by atoms with Crippen molar-refractivity contribution in [2.45, 2.75) is 45.1 Å². The molecule has 1 amide bonds. The third kappa shape index (κ3) is 4.55. The smallest absolute Gasteiger partial charge is 0.349 e. The highest BCUT2D eigenvalue weighted by molar-refractivity contribution is 7.14. The summed E-state index contributed by atoms with van der Waals surface area (Å²) in [4.78, 5) is 25.9. The second kappa shape index (κ2) is 8.29. The van der Waals surface area contributed by atoms with Crippen molar-refractivity contribution in [3.8, 4) is 0 Å². The van der Waals surface area contributed by atoms with Gasteiger partial charge < -0.3 is 14.8 Å². The molecule has 22 heavy (non-hydrogen) atoms. The van der Waals surface area contributed by atoms with Crippen LogP contribution in [-0.2, 0) is 27.1 Å². The van der Waals surface area contributed by atoms with Gasteiger partial charge in [0.25, 0.3) is 5.91 Å². The lowest BCUT2D eigenvalue weighted by Gasteiger charge is -2.12. The van der Waals surface area contributed by atoms with E-state index in [0.717, 1.165) is 12.8 Å². The number of thiophene rings is 1. The second-order valence-electron chi connectivity index (χ2n) is 5.45. The third-order valence-electron chi connectivity index (χ3n) is 3.71. The van der Waals surface area contributed by atoms with E-state index in [-0.39, 0.29) is 5.91 Å². The minimum absolute atomic E-state index is 0.302. The van der Waals surface area contributed by atoms with Gasteiger partial charge in [0.15, 0.2) is 6.10 Å². The van der Waals surface area contributed by atoms with E-state index in [9.17, 15) is 9.59 Å².